The second-order valence-electron chi connectivity index (χ2n) is 13.0. The van der Waals surface area contributed by atoms with Gasteiger partial charge in [0.25, 0.3) is 0 Å². The van der Waals surface area contributed by atoms with E-state index >= 15 is 0 Å². The molecule has 0 spiro atoms. The largest absolute Gasteiger partial charge is 1.00 e. The van der Waals surface area contributed by atoms with Crippen LogP contribution in [-0.4, -0.2) is 20.7 Å². The molecule has 0 amide bonds. The standard InChI is InChI=1S/C19H21Si.C16H17NSi.2ClH.Zr/c1-14-12-16-6-5-7-18(19(16)13-14)15-8-10-17(11-9-15)20(2,3)4;1-11-15-13-9-17(12-7-5-4-6-8-12)10-14(13)16(11)18(15,2)3;;;/h5-13H,1-4H3;4-10,15H,1-3H3;2*1H;/q;;;;+2/p-2. The Kier molecular flexibility index (Phi) is 9.26. The molecule has 2 atom stereocenters. The van der Waals surface area contributed by atoms with Gasteiger partial charge < -0.3 is 29.4 Å². The quantitative estimate of drug-likeness (QED) is 0.292. The minimum atomic E-state index is -1.21. The fourth-order valence-corrected chi connectivity index (χ4v) is 13.4. The third-order valence-corrected chi connectivity index (χ3v) is 17.1. The maximum absolute atomic E-state index is 2.51. The Hall–Kier alpha value is -1.68. The molecule has 8 rings (SSSR count). The van der Waals surface area contributed by atoms with Gasteiger partial charge in [-0.3, -0.25) is 0 Å². The van der Waals surface area contributed by atoms with Gasteiger partial charge in [-0.2, -0.15) is 0 Å². The van der Waals surface area contributed by atoms with Gasteiger partial charge in [-0.25, -0.2) is 0 Å². The fraction of sp³-hybridized carbons (Fsp3) is 0.257. The summed E-state index contributed by atoms with van der Waals surface area (Å²) in [5.41, 5.74) is 14.0. The van der Waals surface area contributed by atoms with E-state index in [1.807, 2.05) is 0 Å². The molecule has 1 aromatic heterocycles. The van der Waals surface area contributed by atoms with Crippen LogP contribution in [-0.2, 0) is 24.7 Å². The predicted octanol–water partition coefficient (Wildman–Crippen LogP) is 3.06. The number of hydrogen-bond acceptors (Lipinski definition) is 0. The molecular formula is C35H38Cl2NSi2Zr. The van der Waals surface area contributed by atoms with Gasteiger partial charge in [-0.1, -0.05) is 42.1 Å². The van der Waals surface area contributed by atoms with Gasteiger partial charge in [0.05, 0.1) is 8.07 Å². The minimum absolute atomic E-state index is 0. The van der Waals surface area contributed by atoms with E-state index in [2.05, 4.69) is 142 Å². The van der Waals surface area contributed by atoms with Gasteiger partial charge in [0, 0.05) is 23.6 Å². The number of hydrogen-bond donors (Lipinski definition) is 0. The van der Waals surface area contributed by atoms with Gasteiger partial charge >= 0.3 is 145 Å². The summed E-state index contributed by atoms with van der Waals surface area (Å²) in [6.07, 6.45) is 7.08. The molecule has 2 aliphatic carbocycles. The SMILES string of the molecule is CC1=C2c3cn(-c4ccccc4)cc3C1[Si]2(C)C.CC1=Cc2c(-c3ccc([Si](C)(C)C)cc3)cccc2[CH]1[Zr+2].[Cl-].[Cl-]. The number of benzene rings is 3. The second kappa shape index (κ2) is 11.8. The summed E-state index contributed by atoms with van der Waals surface area (Å²) in [4.78, 5) is 0. The summed E-state index contributed by atoms with van der Waals surface area (Å²) in [6, 6.07) is 26.7. The predicted molar refractivity (Wildman–Crippen MR) is 170 cm³/mol. The minimum Gasteiger partial charge on any atom is -1.00 e. The Balaban J connectivity index is 0.000000182. The monoisotopic (exact) mass is 688 g/mol. The van der Waals surface area contributed by atoms with Crippen LogP contribution in [0.1, 0.15) is 45.3 Å². The molecule has 0 fully saturated rings. The van der Waals surface area contributed by atoms with Gasteiger partial charge in [0.2, 0.25) is 0 Å². The van der Waals surface area contributed by atoms with E-state index in [4.69, 9.17) is 0 Å². The van der Waals surface area contributed by atoms with Crippen LogP contribution < -0.4 is 30.0 Å². The number of allylic oxidation sites excluding steroid dienone is 2. The summed E-state index contributed by atoms with van der Waals surface area (Å²) in [5, 5.41) is 3.25. The van der Waals surface area contributed by atoms with Crippen LogP contribution in [0.15, 0.2) is 96.3 Å². The van der Waals surface area contributed by atoms with Crippen molar-refractivity contribution in [3.63, 3.8) is 0 Å². The summed E-state index contributed by atoms with van der Waals surface area (Å²) in [5.74, 6) is 0. The third kappa shape index (κ3) is 5.45. The van der Waals surface area contributed by atoms with E-state index in [9.17, 15) is 0 Å². The van der Waals surface area contributed by atoms with Crippen molar-refractivity contribution in [3.8, 4) is 16.8 Å². The molecule has 2 unspecified atom stereocenters. The number of rotatable bonds is 3. The third-order valence-electron chi connectivity index (χ3n) is 9.03. The van der Waals surface area contributed by atoms with Crippen molar-refractivity contribution in [1.82, 2.24) is 4.57 Å². The van der Waals surface area contributed by atoms with Crippen molar-refractivity contribution in [2.24, 2.45) is 0 Å². The van der Waals surface area contributed by atoms with Crippen molar-refractivity contribution >= 4 is 32.6 Å². The number of para-hydroxylation sites is 1. The maximum Gasteiger partial charge on any atom is -1.00 e. The van der Waals surface area contributed by atoms with Crippen LogP contribution in [0.3, 0.4) is 0 Å². The summed E-state index contributed by atoms with van der Waals surface area (Å²) in [7, 11) is -2.33. The zero-order valence-corrected chi connectivity index (χ0v) is 31.0. The maximum atomic E-state index is 2.51. The zero-order chi connectivity index (χ0) is 27.7. The average Bonchev–Trinajstić information content (AvgIpc) is 3.59. The Bertz CT molecular complexity index is 1640. The molecule has 41 heavy (non-hydrogen) atoms. The average molecular weight is 691 g/mol. The van der Waals surface area contributed by atoms with E-state index in [0.717, 1.165) is 5.54 Å². The fourth-order valence-electron chi connectivity index (χ4n) is 7.05. The summed E-state index contributed by atoms with van der Waals surface area (Å²) < 4.78 is 2.93. The molecule has 0 saturated heterocycles. The summed E-state index contributed by atoms with van der Waals surface area (Å²) >= 11 is 1.59. The number of aromatic nitrogens is 1. The Morgan fingerprint density at radius 3 is 2.00 bits per heavy atom. The van der Waals surface area contributed by atoms with E-state index in [1.54, 1.807) is 41.1 Å². The molecule has 2 aliphatic heterocycles. The molecule has 0 saturated carbocycles. The molecule has 4 aromatic rings. The van der Waals surface area contributed by atoms with Crippen molar-refractivity contribution in [1.29, 1.82) is 0 Å². The van der Waals surface area contributed by atoms with Crippen molar-refractivity contribution in [2.45, 2.75) is 55.7 Å². The Morgan fingerprint density at radius 1 is 0.756 bits per heavy atom. The van der Waals surface area contributed by atoms with Crippen LogP contribution in [0, 0.1) is 0 Å². The number of halogens is 2. The molecule has 0 radical (unpaired) electrons. The molecule has 3 heterocycles. The van der Waals surface area contributed by atoms with Gasteiger partial charge in [-0.15, -0.1) is 0 Å². The van der Waals surface area contributed by atoms with E-state index in [-0.39, 0.29) is 24.8 Å². The topological polar surface area (TPSA) is 4.93 Å². The van der Waals surface area contributed by atoms with Crippen LogP contribution in [0.4, 0.5) is 0 Å². The summed E-state index contributed by atoms with van der Waals surface area (Å²) in [6.45, 7) is 16.8. The van der Waals surface area contributed by atoms with Gasteiger partial charge in [-0.05, 0) is 30.2 Å². The molecule has 0 N–H and O–H groups in total. The van der Waals surface area contributed by atoms with E-state index < -0.39 is 16.1 Å². The first kappa shape index (κ1) is 32.2. The first-order chi connectivity index (χ1) is 18.5. The molecular weight excluding hydrogens is 653 g/mol. The second-order valence-corrected chi connectivity index (χ2v) is 24.1. The molecule has 6 heteroatoms. The molecule has 2 bridgehead atoms. The van der Waals surface area contributed by atoms with Crippen LogP contribution >= 0.6 is 0 Å². The number of fused-ring (bicyclic) bond motifs is 1. The van der Waals surface area contributed by atoms with Crippen LogP contribution in [0.5, 0.6) is 0 Å². The molecule has 209 valence electrons. The first-order valence-electron chi connectivity index (χ1n) is 14.1. The first-order valence-corrected chi connectivity index (χ1v) is 22.1. The van der Waals surface area contributed by atoms with Gasteiger partial charge in [0.1, 0.15) is 0 Å². The van der Waals surface area contributed by atoms with Crippen molar-refractivity contribution < 1.29 is 49.5 Å². The van der Waals surface area contributed by atoms with Crippen molar-refractivity contribution in [3.05, 3.63) is 119 Å². The van der Waals surface area contributed by atoms with Gasteiger partial charge in [0.15, 0.2) is 0 Å². The number of nitrogens with zero attached hydrogens (tertiary/aromatic N) is 1. The molecule has 4 aliphatic rings. The molecule has 3 aromatic carbocycles. The van der Waals surface area contributed by atoms with Crippen LogP contribution in [0.2, 0.25) is 32.7 Å². The van der Waals surface area contributed by atoms with E-state index in [0.29, 0.717) is 3.63 Å². The van der Waals surface area contributed by atoms with Crippen LogP contribution in [0.25, 0.3) is 28.1 Å². The Morgan fingerprint density at radius 2 is 1.41 bits per heavy atom. The zero-order valence-electron chi connectivity index (χ0n) is 25.0. The molecule has 1 nitrogen and oxygen atoms in total. The normalized spacial score (nSPS) is 19.1. The van der Waals surface area contributed by atoms with E-state index in [1.165, 1.54) is 44.3 Å². The smallest absolute Gasteiger partial charge is 1.00 e. The Labute approximate surface area is 275 Å². The van der Waals surface area contributed by atoms with Crippen molar-refractivity contribution in [2.75, 3.05) is 0 Å².